The minimum atomic E-state index is -0.360. The molecule has 0 saturated heterocycles. The standard InChI is InChI=1S/C16H28BrN3O/c1-7-16(8-2,20(9-3)10-4)14(21)11-13-15(17)12(5)18-19(13)6/h7-11H2,1-6H3. The number of aryl methyl sites for hydroxylation is 2. The first-order chi connectivity index (χ1) is 9.87. The van der Waals surface area contributed by atoms with Crippen molar-refractivity contribution in [3.05, 3.63) is 15.9 Å². The van der Waals surface area contributed by atoms with E-state index in [9.17, 15) is 4.79 Å². The Labute approximate surface area is 137 Å². The summed E-state index contributed by atoms with van der Waals surface area (Å²) in [6.45, 7) is 12.2. The molecule has 0 radical (unpaired) electrons. The van der Waals surface area contributed by atoms with E-state index in [1.807, 2.05) is 18.7 Å². The molecular weight excluding hydrogens is 330 g/mol. The van der Waals surface area contributed by atoms with Gasteiger partial charge in [-0.3, -0.25) is 14.4 Å². The summed E-state index contributed by atoms with van der Waals surface area (Å²) >= 11 is 3.56. The number of carbonyl (C=O) groups is 1. The molecule has 0 N–H and O–H groups in total. The predicted octanol–water partition coefficient (Wildman–Crippen LogP) is 3.50. The monoisotopic (exact) mass is 357 g/mol. The maximum Gasteiger partial charge on any atom is 0.159 e. The van der Waals surface area contributed by atoms with Crippen molar-refractivity contribution in [2.45, 2.75) is 59.4 Å². The summed E-state index contributed by atoms with van der Waals surface area (Å²) in [4.78, 5) is 15.4. The fourth-order valence-corrected chi connectivity index (χ4v) is 3.76. The number of ketones is 1. The van der Waals surface area contributed by atoms with Crippen molar-refractivity contribution in [3.8, 4) is 0 Å². The average Bonchev–Trinajstić information content (AvgIpc) is 2.71. The molecule has 0 saturated carbocycles. The van der Waals surface area contributed by atoms with Crippen LogP contribution in [0.5, 0.6) is 0 Å². The van der Waals surface area contributed by atoms with Crippen molar-refractivity contribution in [3.63, 3.8) is 0 Å². The number of likely N-dealkylation sites (N-methyl/N-ethyl adjacent to an activating group) is 1. The van der Waals surface area contributed by atoms with Gasteiger partial charge in [-0.2, -0.15) is 5.10 Å². The normalized spacial score (nSPS) is 12.2. The summed E-state index contributed by atoms with van der Waals surface area (Å²) in [6.07, 6.45) is 2.12. The van der Waals surface area contributed by atoms with Gasteiger partial charge in [0.05, 0.1) is 27.8 Å². The summed E-state index contributed by atoms with van der Waals surface area (Å²) in [5.74, 6) is 0.292. The molecule has 5 heteroatoms. The maximum atomic E-state index is 13.1. The zero-order valence-corrected chi connectivity index (χ0v) is 15.7. The van der Waals surface area contributed by atoms with E-state index in [4.69, 9.17) is 0 Å². The van der Waals surface area contributed by atoms with Gasteiger partial charge in [-0.25, -0.2) is 0 Å². The predicted molar refractivity (Wildman–Crippen MR) is 90.6 cm³/mol. The van der Waals surface area contributed by atoms with Crippen LogP contribution in [0.25, 0.3) is 0 Å². The second-order valence-electron chi connectivity index (χ2n) is 5.48. The molecule has 0 aliphatic heterocycles. The van der Waals surface area contributed by atoms with E-state index in [1.54, 1.807) is 0 Å². The van der Waals surface area contributed by atoms with Crippen LogP contribution >= 0.6 is 15.9 Å². The topological polar surface area (TPSA) is 38.1 Å². The Bertz CT molecular complexity index is 488. The minimum Gasteiger partial charge on any atom is -0.297 e. The number of carbonyl (C=O) groups excluding carboxylic acids is 1. The molecule has 0 atom stereocenters. The molecule has 0 spiro atoms. The van der Waals surface area contributed by atoms with Crippen LogP contribution in [0.15, 0.2) is 4.47 Å². The Morgan fingerprint density at radius 1 is 1.24 bits per heavy atom. The highest BCUT2D eigenvalue weighted by atomic mass is 79.9. The van der Waals surface area contributed by atoms with Gasteiger partial charge in [0.1, 0.15) is 0 Å². The summed E-state index contributed by atoms with van der Waals surface area (Å²) < 4.78 is 2.77. The third kappa shape index (κ3) is 3.39. The Hall–Kier alpha value is -0.680. The fourth-order valence-electron chi connectivity index (χ4n) is 3.29. The lowest BCUT2D eigenvalue weighted by atomic mass is 9.83. The first-order valence-electron chi connectivity index (χ1n) is 7.84. The summed E-state index contributed by atoms with van der Waals surface area (Å²) in [5, 5.41) is 4.39. The number of nitrogens with zero attached hydrogens (tertiary/aromatic N) is 3. The SMILES string of the molecule is CCN(CC)C(CC)(CC)C(=O)Cc1c(Br)c(C)nn1C. The Kier molecular flexibility index (Phi) is 6.60. The third-order valence-corrected chi connectivity index (χ3v) is 5.68. The Balaban J connectivity index is 3.13. The van der Waals surface area contributed by atoms with E-state index in [1.165, 1.54) is 0 Å². The maximum absolute atomic E-state index is 13.1. The Morgan fingerprint density at radius 2 is 1.76 bits per heavy atom. The molecular formula is C16H28BrN3O. The lowest BCUT2D eigenvalue weighted by molar-refractivity contribution is -0.131. The number of Topliss-reactive ketones (excluding diaryl/α,β-unsaturated/α-hetero) is 1. The summed E-state index contributed by atoms with van der Waals surface area (Å²) in [6, 6.07) is 0. The molecule has 0 aliphatic carbocycles. The van der Waals surface area contributed by atoms with Gasteiger partial charge < -0.3 is 0 Å². The van der Waals surface area contributed by atoms with Gasteiger partial charge in [0.2, 0.25) is 0 Å². The van der Waals surface area contributed by atoms with Crippen molar-refractivity contribution in [2.24, 2.45) is 7.05 Å². The zero-order chi connectivity index (χ0) is 16.2. The van der Waals surface area contributed by atoms with E-state index in [-0.39, 0.29) is 5.54 Å². The quantitative estimate of drug-likeness (QED) is 0.714. The van der Waals surface area contributed by atoms with Crippen LogP contribution in [0, 0.1) is 6.92 Å². The molecule has 21 heavy (non-hydrogen) atoms. The smallest absolute Gasteiger partial charge is 0.159 e. The van der Waals surface area contributed by atoms with Crippen LogP contribution in [-0.2, 0) is 18.3 Å². The van der Waals surface area contributed by atoms with Crippen LogP contribution in [0.3, 0.4) is 0 Å². The van der Waals surface area contributed by atoms with Gasteiger partial charge in [-0.1, -0.05) is 27.7 Å². The van der Waals surface area contributed by atoms with Gasteiger partial charge >= 0.3 is 0 Å². The molecule has 0 fully saturated rings. The molecule has 4 nitrogen and oxygen atoms in total. The zero-order valence-electron chi connectivity index (χ0n) is 14.2. The van der Waals surface area contributed by atoms with Crippen molar-refractivity contribution in [1.82, 2.24) is 14.7 Å². The van der Waals surface area contributed by atoms with Crippen LogP contribution in [0.1, 0.15) is 51.9 Å². The van der Waals surface area contributed by atoms with E-state index < -0.39 is 0 Å². The molecule has 0 aromatic carbocycles. The third-order valence-electron chi connectivity index (χ3n) is 4.65. The van der Waals surface area contributed by atoms with Gasteiger partial charge in [-0.15, -0.1) is 0 Å². The molecule has 0 amide bonds. The molecule has 1 rings (SSSR count). The first kappa shape index (κ1) is 18.4. The van der Waals surface area contributed by atoms with E-state index >= 15 is 0 Å². The number of hydrogen-bond donors (Lipinski definition) is 0. The molecule has 1 aromatic heterocycles. The van der Waals surface area contributed by atoms with Crippen LogP contribution in [-0.4, -0.2) is 39.1 Å². The fraction of sp³-hybridized carbons (Fsp3) is 0.750. The molecule has 0 bridgehead atoms. The van der Waals surface area contributed by atoms with Crippen LogP contribution in [0.4, 0.5) is 0 Å². The number of halogens is 1. The Morgan fingerprint density at radius 3 is 2.10 bits per heavy atom. The van der Waals surface area contributed by atoms with E-state index in [2.05, 4.69) is 53.6 Å². The van der Waals surface area contributed by atoms with Crippen LogP contribution in [0.2, 0.25) is 0 Å². The van der Waals surface area contributed by atoms with Gasteiger partial charge in [0.25, 0.3) is 0 Å². The van der Waals surface area contributed by atoms with Gasteiger partial charge in [0, 0.05) is 7.05 Å². The van der Waals surface area contributed by atoms with E-state index in [0.717, 1.165) is 41.8 Å². The van der Waals surface area contributed by atoms with Gasteiger partial charge in [0.15, 0.2) is 5.78 Å². The average molecular weight is 358 g/mol. The second-order valence-corrected chi connectivity index (χ2v) is 6.27. The molecule has 0 aliphatic rings. The number of hydrogen-bond acceptors (Lipinski definition) is 3. The molecule has 120 valence electrons. The molecule has 1 aromatic rings. The second kappa shape index (κ2) is 7.54. The lowest BCUT2D eigenvalue weighted by Gasteiger charge is -2.41. The number of rotatable bonds is 8. The lowest BCUT2D eigenvalue weighted by Crippen LogP contribution is -2.54. The highest BCUT2D eigenvalue weighted by Crippen LogP contribution is 2.29. The van der Waals surface area contributed by atoms with Gasteiger partial charge in [-0.05, 0) is 48.8 Å². The van der Waals surface area contributed by atoms with E-state index in [0.29, 0.717) is 12.2 Å². The molecule has 1 heterocycles. The van der Waals surface area contributed by atoms with Crippen molar-refractivity contribution in [2.75, 3.05) is 13.1 Å². The largest absolute Gasteiger partial charge is 0.297 e. The summed E-state index contributed by atoms with van der Waals surface area (Å²) in [7, 11) is 1.90. The number of aromatic nitrogens is 2. The summed E-state index contributed by atoms with van der Waals surface area (Å²) in [5.41, 5.74) is 1.54. The van der Waals surface area contributed by atoms with Crippen molar-refractivity contribution >= 4 is 21.7 Å². The van der Waals surface area contributed by atoms with Crippen LogP contribution < -0.4 is 0 Å². The highest BCUT2D eigenvalue weighted by molar-refractivity contribution is 9.10. The first-order valence-corrected chi connectivity index (χ1v) is 8.63. The minimum absolute atomic E-state index is 0.292. The van der Waals surface area contributed by atoms with Crippen molar-refractivity contribution in [1.29, 1.82) is 0 Å². The molecule has 0 unspecified atom stereocenters. The highest BCUT2D eigenvalue weighted by Gasteiger charge is 2.39. The van der Waals surface area contributed by atoms with Crippen molar-refractivity contribution < 1.29 is 4.79 Å².